The summed E-state index contributed by atoms with van der Waals surface area (Å²) < 4.78 is 5.69. The summed E-state index contributed by atoms with van der Waals surface area (Å²) in [6, 6.07) is 13.7. The second kappa shape index (κ2) is 9.05. The van der Waals surface area contributed by atoms with Crippen molar-refractivity contribution in [3.63, 3.8) is 0 Å². The molecule has 7 nitrogen and oxygen atoms in total. The van der Waals surface area contributed by atoms with Crippen LogP contribution >= 0.6 is 0 Å². The van der Waals surface area contributed by atoms with E-state index in [1.165, 1.54) is 12.1 Å². The van der Waals surface area contributed by atoms with E-state index in [0.29, 0.717) is 12.3 Å². The van der Waals surface area contributed by atoms with Crippen LogP contribution in [0.1, 0.15) is 31.2 Å². The molecule has 0 spiro atoms. The third-order valence-electron chi connectivity index (χ3n) is 5.44. The van der Waals surface area contributed by atoms with Gasteiger partial charge in [-0.15, -0.1) is 0 Å². The molecule has 0 radical (unpaired) electrons. The van der Waals surface area contributed by atoms with Gasteiger partial charge in [0.1, 0.15) is 12.4 Å². The monoisotopic (exact) mass is 397 g/mol. The summed E-state index contributed by atoms with van der Waals surface area (Å²) in [5, 5.41) is 14.0. The minimum absolute atomic E-state index is 0.0344. The zero-order chi connectivity index (χ0) is 20.9. The summed E-state index contributed by atoms with van der Waals surface area (Å²) in [5.74, 6) is 0.695. The van der Waals surface area contributed by atoms with E-state index in [9.17, 15) is 14.9 Å². The topological polar surface area (TPSA) is 84.7 Å². The van der Waals surface area contributed by atoms with E-state index in [1.54, 1.807) is 12.1 Å². The van der Waals surface area contributed by atoms with Gasteiger partial charge in [-0.2, -0.15) is 0 Å². The fourth-order valence-corrected chi connectivity index (χ4v) is 3.76. The molecule has 0 bridgehead atoms. The molecule has 1 amide bonds. The van der Waals surface area contributed by atoms with Crippen molar-refractivity contribution >= 4 is 17.3 Å². The fraction of sp³-hybridized carbons (Fsp3) is 0.409. The maximum absolute atomic E-state index is 13.2. The van der Waals surface area contributed by atoms with E-state index in [0.717, 1.165) is 43.5 Å². The standard InChI is InChI=1S/C22H27N3O4/c1-24(2)15-16-29-20-11-7-18(8-12-20)23-21(26)22(13-3-4-14-22)17-5-9-19(10-6-17)25(27)28/h5-12H,3-4,13-16H2,1-2H3,(H,23,26). The van der Waals surface area contributed by atoms with Crippen molar-refractivity contribution < 1.29 is 14.5 Å². The summed E-state index contributed by atoms with van der Waals surface area (Å²) in [7, 11) is 3.98. The van der Waals surface area contributed by atoms with Crippen LogP contribution in [0.4, 0.5) is 11.4 Å². The molecule has 7 heteroatoms. The summed E-state index contributed by atoms with van der Waals surface area (Å²) in [6.07, 6.45) is 3.40. The fourth-order valence-electron chi connectivity index (χ4n) is 3.76. The summed E-state index contributed by atoms with van der Waals surface area (Å²) in [5.41, 5.74) is 0.938. The molecular weight excluding hydrogens is 370 g/mol. The van der Waals surface area contributed by atoms with Crippen LogP contribution in [0.5, 0.6) is 5.75 Å². The van der Waals surface area contributed by atoms with Gasteiger partial charge in [0, 0.05) is 24.4 Å². The van der Waals surface area contributed by atoms with Gasteiger partial charge < -0.3 is 15.0 Å². The predicted molar refractivity (Wildman–Crippen MR) is 112 cm³/mol. The van der Waals surface area contributed by atoms with Crippen LogP contribution in [0.15, 0.2) is 48.5 Å². The lowest BCUT2D eigenvalue weighted by Crippen LogP contribution is -2.37. The van der Waals surface area contributed by atoms with Gasteiger partial charge in [0.2, 0.25) is 5.91 Å². The lowest BCUT2D eigenvalue weighted by atomic mass is 9.78. The SMILES string of the molecule is CN(C)CCOc1ccc(NC(=O)C2(c3ccc([N+](=O)[O-])cc3)CCCC2)cc1. The molecule has 3 rings (SSSR count). The number of likely N-dealkylation sites (N-methyl/N-ethyl adjacent to an activating group) is 1. The van der Waals surface area contributed by atoms with Gasteiger partial charge in [-0.25, -0.2) is 0 Å². The van der Waals surface area contributed by atoms with Gasteiger partial charge in [-0.05, 0) is 56.8 Å². The van der Waals surface area contributed by atoms with Gasteiger partial charge >= 0.3 is 0 Å². The van der Waals surface area contributed by atoms with Crippen LogP contribution in [-0.4, -0.2) is 43.0 Å². The van der Waals surface area contributed by atoms with E-state index < -0.39 is 10.3 Å². The number of nitrogens with zero attached hydrogens (tertiary/aromatic N) is 2. The van der Waals surface area contributed by atoms with Gasteiger partial charge in [0.15, 0.2) is 0 Å². The van der Waals surface area contributed by atoms with Crippen molar-refractivity contribution in [3.8, 4) is 5.75 Å². The molecule has 1 aliphatic rings. The van der Waals surface area contributed by atoms with Crippen molar-refractivity contribution in [1.82, 2.24) is 4.90 Å². The van der Waals surface area contributed by atoms with Crippen LogP contribution in [0, 0.1) is 10.1 Å². The number of nitro groups is 1. The molecule has 1 aliphatic carbocycles. The average Bonchev–Trinajstić information content (AvgIpc) is 3.20. The van der Waals surface area contributed by atoms with E-state index in [1.807, 2.05) is 43.3 Å². The third-order valence-corrected chi connectivity index (χ3v) is 5.44. The molecule has 0 aliphatic heterocycles. The van der Waals surface area contributed by atoms with Crippen molar-refractivity contribution in [1.29, 1.82) is 0 Å². The molecule has 154 valence electrons. The zero-order valence-electron chi connectivity index (χ0n) is 16.9. The molecule has 0 aromatic heterocycles. The van der Waals surface area contributed by atoms with Gasteiger partial charge in [0.25, 0.3) is 5.69 Å². The Kier molecular flexibility index (Phi) is 6.49. The molecule has 1 N–H and O–H groups in total. The normalized spacial score (nSPS) is 15.3. The van der Waals surface area contributed by atoms with E-state index in [4.69, 9.17) is 4.74 Å². The average molecular weight is 397 g/mol. The number of rotatable bonds is 8. The van der Waals surface area contributed by atoms with Crippen LogP contribution in [0.2, 0.25) is 0 Å². The van der Waals surface area contributed by atoms with E-state index in [2.05, 4.69) is 5.32 Å². The van der Waals surface area contributed by atoms with Crippen LogP contribution < -0.4 is 10.1 Å². The maximum atomic E-state index is 13.2. The van der Waals surface area contributed by atoms with Crippen LogP contribution in [-0.2, 0) is 10.2 Å². The first-order valence-electron chi connectivity index (χ1n) is 9.85. The predicted octanol–water partition coefficient (Wildman–Crippen LogP) is 3.99. The first-order chi connectivity index (χ1) is 13.9. The molecule has 29 heavy (non-hydrogen) atoms. The lowest BCUT2D eigenvalue weighted by molar-refractivity contribution is -0.384. The van der Waals surface area contributed by atoms with Crippen molar-refractivity contribution in [2.24, 2.45) is 0 Å². The maximum Gasteiger partial charge on any atom is 0.269 e. The van der Waals surface area contributed by atoms with E-state index >= 15 is 0 Å². The largest absolute Gasteiger partial charge is 0.492 e. The highest BCUT2D eigenvalue weighted by Gasteiger charge is 2.42. The Labute approximate surface area is 170 Å². The molecule has 2 aromatic carbocycles. The number of anilines is 1. The summed E-state index contributed by atoms with van der Waals surface area (Å²) in [4.78, 5) is 25.8. The van der Waals surface area contributed by atoms with Crippen LogP contribution in [0.3, 0.4) is 0 Å². The minimum atomic E-state index is -0.643. The second-order valence-electron chi connectivity index (χ2n) is 7.72. The molecule has 0 atom stereocenters. The van der Waals surface area contributed by atoms with Gasteiger partial charge in [-0.3, -0.25) is 14.9 Å². The number of carbonyl (C=O) groups is 1. The van der Waals surface area contributed by atoms with Crippen LogP contribution in [0.25, 0.3) is 0 Å². The Morgan fingerprint density at radius 3 is 2.28 bits per heavy atom. The number of carbonyl (C=O) groups excluding carboxylic acids is 1. The molecule has 1 fully saturated rings. The first-order valence-corrected chi connectivity index (χ1v) is 9.85. The lowest BCUT2D eigenvalue weighted by Gasteiger charge is -2.28. The van der Waals surface area contributed by atoms with Crippen molar-refractivity contribution in [3.05, 3.63) is 64.2 Å². The quantitative estimate of drug-likeness (QED) is 0.538. The number of ether oxygens (including phenoxy) is 1. The number of benzene rings is 2. The number of amides is 1. The molecule has 0 unspecified atom stereocenters. The number of hydrogen-bond acceptors (Lipinski definition) is 5. The minimum Gasteiger partial charge on any atom is -0.492 e. The number of non-ortho nitro benzene ring substituents is 1. The number of nitro benzene ring substituents is 1. The smallest absolute Gasteiger partial charge is 0.269 e. The van der Waals surface area contributed by atoms with Gasteiger partial charge in [-0.1, -0.05) is 25.0 Å². The summed E-state index contributed by atoms with van der Waals surface area (Å²) >= 11 is 0. The third kappa shape index (κ3) is 4.92. The number of nitrogens with one attached hydrogen (secondary N) is 1. The van der Waals surface area contributed by atoms with Crippen molar-refractivity contribution in [2.45, 2.75) is 31.1 Å². The Balaban J connectivity index is 1.70. The highest BCUT2D eigenvalue weighted by molar-refractivity contribution is 5.99. The Morgan fingerprint density at radius 2 is 1.72 bits per heavy atom. The highest BCUT2D eigenvalue weighted by Crippen LogP contribution is 2.42. The first kappa shape index (κ1) is 20.8. The highest BCUT2D eigenvalue weighted by atomic mass is 16.6. The summed E-state index contributed by atoms with van der Waals surface area (Å²) in [6.45, 7) is 1.43. The Morgan fingerprint density at radius 1 is 1.10 bits per heavy atom. The Bertz CT molecular complexity index is 841. The molecule has 1 saturated carbocycles. The Hall–Kier alpha value is -2.93. The molecular formula is C22H27N3O4. The van der Waals surface area contributed by atoms with Crippen molar-refractivity contribution in [2.75, 3.05) is 32.6 Å². The molecule has 0 saturated heterocycles. The zero-order valence-corrected chi connectivity index (χ0v) is 16.9. The molecule has 0 heterocycles. The van der Waals surface area contributed by atoms with Gasteiger partial charge in [0.05, 0.1) is 10.3 Å². The second-order valence-corrected chi connectivity index (χ2v) is 7.72. The van der Waals surface area contributed by atoms with E-state index in [-0.39, 0.29) is 11.6 Å². The molecule has 2 aromatic rings. The number of hydrogen-bond donors (Lipinski definition) is 1.